The molecule has 0 spiro atoms. The minimum absolute atomic E-state index is 0.0113. The van der Waals surface area contributed by atoms with Gasteiger partial charge in [0.05, 0.1) is 37.6 Å². The Labute approximate surface area is 269 Å². The SMILES string of the molecule is C=C(OC1CCC(NOCC2CC(C(=O)O)CCC2COO)CC1)OC1CCC(NC(=O)C2CC(COO)CCC2C(=O)O)CC1. The first kappa shape index (κ1) is 36.3. The van der Waals surface area contributed by atoms with Gasteiger partial charge in [0.1, 0.15) is 12.2 Å². The van der Waals surface area contributed by atoms with Crippen LogP contribution < -0.4 is 10.8 Å². The fraction of sp³-hybridized carbons (Fsp3) is 0.844. The summed E-state index contributed by atoms with van der Waals surface area (Å²) in [6, 6.07) is 0.0975. The maximum atomic E-state index is 13.0. The average molecular weight is 657 g/mol. The maximum Gasteiger partial charge on any atom is 0.307 e. The van der Waals surface area contributed by atoms with Gasteiger partial charge in [0.25, 0.3) is 5.95 Å². The van der Waals surface area contributed by atoms with E-state index in [1.165, 1.54) is 0 Å². The van der Waals surface area contributed by atoms with Gasteiger partial charge in [-0.3, -0.25) is 24.9 Å². The van der Waals surface area contributed by atoms with Gasteiger partial charge in [-0.05, 0) is 114 Å². The Hall–Kier alpha value is -2.49. The van der Waals surface area contributed by atoms with Crippen molar-refractivity contribution < 1.29 is 59.2 Å². The molecule has 6 atom stereocenters. The fourth-order valence-corrected chi connectivity index (χ4v) is 7.77. The second-order valence-electron chi connectivity index (χ2n) is 13.7. The largest absolute Gasteiger partial charge is 0.481 e. The third kappa shape index (κ3) is 10.8. The van der Waals surface area contributed by atoms with Crippen LogP contribution in [0.4, 0.5) is 0 Å². The summed E-state index contributed by atoms with van der Waals surface area (Å²) < 4.78 is 12.0. The lowest BCUT2D eigenvalue weighted by molar-refractivity contribution is -0.257. The molecule has 0 heterocycles. The molecule has 0 aliphatic heterocycles. The van der Waals surface area contributed by atoms with Crippen LogP contribution in [0.15, 0.2) is 12.5 Å². The van der Waals surface area contributed by atoms with E-state index in [4.69, 9.17) is 24.8 Å². The number of hydroxylamine groups is 1. The molecule has 4 saturated carbocycles. The smallest absolute Gasteiger partial charge is 0.307 e. The van der Waals surface area contributed by atoms with Crippen molar-refractivity contribution in [3.63, 3.8) is 0 Å². The van der Waals surface area contributed by atoms with Crippen LogP contribution >= 0.6 is 0 Å². The van der Waals surface area contributed by atoms with E-state index in [1.807, 2.05) is 0 Å². The maximum absolute atomic E-state index is 13.0. The Kier molecular flexibility index (Phi) is 14.3. The van der Waals surface area contributed by atoms with Crippen LogP contribution in [0.1, 0.15) is 89.9 Å². The van der Waals surface area contributed by atoms with E-state index < -0.39 is 29.7 Å². The van der Waals surface area contributed by atoms with Crippen molar-refractivity contribution in [2.45, 2.75) is 114 Å². The molecule has 6 unspecified atom stereocenters. The van der Waals surface area contributed by atoms with E-state index in [9.17, 15) is 24.6 Å². The number of rotatable bonds is 16. The highest BCUT2D eigenvalue weighted by atomic mass is 17.1. The van der Waals surface area contributed by atoms with Gasteiger partial charge < -0.3 is 29.8 Å². The number of hydrogen-bond acceptors (Lipinski definition) is 11. The number of carboxylic acids is 2. The Morgan fingerprint density at radius 3 is 1.87 bits per heavy atom. The van der Waals surface area contributed by atoms with Crippen molar-refractivity contribution in [2.24, 2.45) is 35.5 Å². The third-order valence-corrected chi connectivity index (χ3v) is 10.5. The first-order valence-electron chi connectivity index (χ1n) is 16.8. The molecule has 14 nitrogen and oxygen atoms in total. The lowest BCUT2D eigenvalue weighted by atomic mass is 9.73. The molecule has 4 rings (SSSR count). The standard InChI is InChI=1S/C32H52N2O12/c1-19(45-26-9-5-24(6-10-26)33-30(35)29-14-20(16-43-40)2-13-28(29)32(38)39)46-27-11-7-25(8-12-27)34-42-17-23-15-21(31(36)37)3-4-22(23)18-44-41/h20-29,34,40-41H,1-18H2,(H,33,35)(H,36,37)(H,38,39). The van der Waals surface area contributed by atoms with Gasteiger partial charge in [-0.25, -0.2) is 9.78 Å². The molecule has 46 heavy (non-hydrogen) atoms. The van der Waals surface area contributed by atoms with E-state index in [-0.39, 0.29) is 61.2 Å². The van der Waals surface area contributed by atoms with Crippen LogP contribution in [0.3, 0.4) is 0 Å². The number of hydrogen-bond donors (Lipinski definition) is 6. The molecule has 4 aliphatic rings. The molecule has 0 saturated heterocycles. The number of aliphatic carboxylic acids is 2. The fourth-order valence-electron chi connectivity index (χ4n) is 7.77. The molecule has 4 aliphatic carbocycles. The van der Waals surface area contributed by atoms with Crippen LogP contribution in [-0.4, -0.2) is 82.7 Å². The van der Waals surface area contributed by atoms with Crippen LogP contribution in [0.5, 0.6) is 0 Å². The Bertz CT molecular complexity index is 998. The van der Waals surface area contributed by atoms with Crippen LogP contribution in [0, 0.1) is 35.5 Å². The highest BCUT2D eigenvalue weighted by Crippen LogP contribution is 2.36. The zero-order valence-electron chi connectivity index (χ0n) is 26.6. The van der Waals surface area contributed by atoms with Crippen molar-refractivity contribution in [2.75, 3.05) is 19.8 Å². The Balaban J connectivity index is 1.10. The summed E-state index contributed by atoms with van der Waals surface area (Å²) >= 11 is 0. The predicted octanol–water partition coefficient (Wildman–Crippen LogP) is 3.96. The molecule has 0 aromatic carbocycles. The molecule has 0 radical (unpaired) electrons. The van der Waals surface area contributed by atoms with Gasteiger partial charge in [0.15, 0.2) is 0 Å². The summed E-state index contributed by atoms with van der Waals surface area (Å²) in [5.74, 6) is -3.48. The third-order valence-electron chi connectivity index (χ3n) is 10.5. The lowest BCUT2D eigenvalue weighted by Crippen LogP contribution is -2.47. The van der Waals surface area contributed by atoms with Gasteiger partial charge in [-0.2, -0.15) is 5.48 Å². The van der Waals surface area contributed by atoms with Crippen molar-refractivity contribution in [3.8, 4) is 0 Å². The van der Waals surface area contributed by atoms with Crippen LogP contribution in [0.2, 0.25) is 0 Å². The van der Waals surface area contributed by atoms with E-state index in [2.05, 4.69) is 27.2 Å². The zero-order chi connectivity index (χ0) is 33.1. The number of carboxylic acid groups (broad SMARTS) is 2. The quantitative estimate of drug-likeness (QED) is 0.0792. The van der Waals surface area contributed by atoms with Gasteiger partial charge in [-0.1, -0.05) is 0 Å². The molecule has 4 fully saturated rings. The minimum atomic E-state index is -0.965. The molecule has 0 aromatic rings. The predicted molar refractivity (Wildman–Crippen MR) is 162 cm³/mol. The molecule has 0 bridgehead atoms. The molecular weight excluding hydrogens is 604 g/mol. The topological polar surface area (TPSA) is 202 Å². The van der Waals surface area contributed by atoms with Crippen LogP contribution in [0.25, 0.3) is 0 Å². The van der Waals surface area contributed by atoms with E-state index in [1.54, 1.807) is 0 Å². The van der Waals surface area contributed by atoms with Crippen molar-refractivity contribution in [3.05, 3.63) is 12.5 Å². The van der Waals surface area contributed by atoms with E-state index in [0.717, 1.165) is 38.5 Å². The number of nitrogens with one attached hydrogen (secondary N) is 2. The molecule has 0 aromatic heterocycles. The number of carbonyl (C=O) groups excluding carboxylic acids is 1. The molecule has 6 N–H and O–H groups in total. The summed E-state index contributed by atoms with van der Waals surface area (Å²) in [6.07, 6.45) is 9.17. The molecule has 14 heteroatoms. The van der Waals surface area contributed by atoms with Gasteiger partial charge in [0, 0.05) is 12.1 Å². The van der Waals surface area contributed by atoms with Crippen molar-refractivity contribution >= 4 is 17.8 Å². The van der Waals surface area contributed by atoms with Crippen molar-refractivity contribution in [1.82, 2.24) is 10.8 Å². The first-order chi connectivity index (χ1) is 22.2. The Morgan fingerprint density at radius 1 is 0.652 bits per heavy atom. The summed E-state index contributed by atoms with van der Waals surface area (Å²) in [7, 11) is 0. The second-order valence-corrected chi connectivity index (χ2v) is 13.7. The summed E-state index contributed by atoms with van der Waals surface area (Å²) in [4.78, 5) is 50.7. The summed E-state index contributed by atoms with van der Waals surface area (Å²) in [5.41, 5.74) is 3.13. The second kappa shape index (κ2) is 18.2. The minimum Gasteiger partial charge on any atom is -0.481 e. The molecule has 1 amide bonds. The monoisotopic (exact) mass is 656 g/mol. The lowest BCUT2D eigenvalue weighted by Gasteiger charge is -2.35. The molecule has 262 valence electrons. The average Bonchev–Trinajstić information content (AvgIpc) is 3.03. The number of carbonyl (C=O) groups is 3. The normalized spacial score (nSPS) is 35.1. The van der Waals surface area contributed by atoms with Gasteiger partial charge in [-0.15, -0.1) is 0 Å². The van der Waals surface area contributed by atoms with E-state index >= 15 is 0 Å². The first-order valence-corrected chi connectivity index (χ1v) is 16.8. The van der Waals surface area contributed by atoms with Crippen LogP contribution in [-0.2, 0) is 38.5 Å². The zero-order valence-corrected chi connectivity index (χ0v) is 26.6. The summed E-state index contributed by atoms with van der Waals surface area (Å²) in [6.45, 7) is 4.60. The van der Waals surface area contributed by atoms with Crippen molar-refractivity contribution in [1.29, 1.82) is 0 Å². The summed E-state index contributed by atoms with van der Waals surface area (Å²) in [5, 5.41) is 39.8. The Morgan fingerprint density at radius 2 is 1.28 bits per heavy atom. The highest BCUT2D eigenvalue weighted by Gasteiger charge is 2.40. The highest BCUT2D eigenvalue weighted by molar-refractivity contribution is 5.85. The number of ether oxygens (including phenoxy) is 2. The molecular formula is C32H52N2O12. The van der Waals surface area contributed by atoms with Gasteiger partial charge in [0.2, 0.25) is 5.91 Å². The van der Waals surface area contributed by atoms with Gasteiger partial charge >= 0.3 is 11.9 Å². The number of amides is 1. The van der Waals surface area contributed by atoms with E-state index in [0.29, 0.717) is 63.9 Å².